The first kappa shape index (κ1) is 15.6. The van der Waals surface area contributed by atoms with Gasteiger partial charge in [-0.15, -0.1) is 11.3 Å². The first-order valence-electron chi connectivity index (χ1n) is 8.19. The van der Waals surface area contributed by atoms with Crippen LogP contribution in [-0.4, -0.2) is 37.1 Å². The highest BCUT2D eigenvalue weighted by Gasteiger charge is 2.24. The van der Waals surface area contributed by atoms with Crippen LogP contribution < -0.4 is 10.1 Å². The fourth-order valence-electron chi connectivity index (χ4n) is 3.01. The Balaban J connectivity index is 1.34. The second-order valence-electron chi connectivity index (χ2n) is 6.08. The van der Waals surface area contributed by atoms with Crippen LogP contribution in [0.15, 0.2) is 29.6 Å². The Bertz CT molecular complexity index is 720. The third-order valence-corrected chi connectivity index (χ3v) is 5.41. The summed E-state index contributed by atoms with van der Waals surface area (Å²) in [6, 6.07) is 8.56. The van der Waals surface area contributed by atoms with Crippen molar-refractivity contribution >= 4 is 17.2 Å². The molecule has 126 valence electrons. The minimum Gasteiger partial charge on any atom is -0.488 e. The van der Waals surface area contributed by atoms with E-state index in [2.05, 4.69) is 34.5 Å². The predicted molar refractivity (Wildman–Crippen MR) is 92.4 cm³/mol. The number of amides is 1. The van der Waals surface area contributed by atoms with Crippen LogP contribution in [0.2, 0.25) is 0 Å². The average molecular weight is 344 g/mol. The van der Waals surface area contributed by atoms with E-state index in [0.717, 1.165) is 54.6 Å². The number of benzene rings is 1. The number of morpholine rings is 1. The van der Waals surface area contributed by atoms with E-state index in [4.69, 9.17) is 9.47 Å². The summed E-state index contributed by atoms with van der Waals surface area (Å²) < 4.78 is 11.3. The molecule has 0 aliphatic carbocycles. The zero-order valence-corrected chi connectivity index (χ0v) is 14.2. The maximum absolute atomic E-state index is 11.6. The Morgan fingerprint density at radius 1 is 1.17 bits per heavy atom. The van der Waals surface area contributed by atoms with Gasteiger partial charge in [-0.3, -0.25) is 9.69 Å². The Hall–Kier alpha value is -1.89. The van der Waals surface area contributed by atoms with Crippen molar-refractivity contribution in [2.24, 2.45) is 0 Å². The average Bonchev–Trinajstić information content (AvgIpc) is 3.19. The smallest absolute Gasteiger partial charge is 0.262 e. The number of thiophene rings is 1. The lowest BCUT2D eigenvalue weighted by Gasteiger charge is -2.26. The van der Waals surface area contributed by atoms with Gasteiger partial charge in [0.15, 0.2) is 0 Å². The molecule has 5 nitrogen and oxygen atoms in total. The summed E-state index contributed by atoms with van der Waals surface area (Å²) in [7, 11) is 0. The van der Waals surface area contributed by atoms with Crippen molar-refractivity contribution in [2.45, 2.75) is 19.7 Å². The maximum Gasteiger partial charge on any atom is 0.262 e. The lowest BCUT2D eigenvalue weighted by Crippen LogP contribution is -2.35. The first-order chi connectivity index (χ1) is 11.8. The monoisotopic (exact) mass is 344 g/mol. The van der Waals surface area contributed by atoms with Crippen LogP contribution in [0.4, 0.5) is 0 Å². The van der Waals surface area contributed by atoms with Gasteiger partial charge in [0.2, 0.25) is 0 Å². The molecule has 4 rings (SSSR count). The van der Waals surface area contributed by atoms with Gasteiger partial charge in [-0.2, -0.15) is 0 Å². The van der Waals surface area contributed by atoms with E-state index >= 15 is 0 Å². The Morgan fingerprint density at radius 2 is 1.92 bits per heavy atom. The summed E-state index contributed by atoms with van der Waals surface area (Å²) in [6.07, 6.45) is 0. The van der Waals surface area contributed by atoms with Crippen molar-refractivity contribution < 1.29 is 14.3 Å². The predicted octanol–water partition coefficient (Wildman–Crippen LogP) is 2.40. The molecule has 0 saturated carbocycles. The molecule has 0 radical (unpaired) electrons. The van der Waals surface area contributed by atoms with Crippen molar-refractivity contribution in [3.63, 3.8) is 0 Å². The summed E-state index contributed by atoms with van der Waals surface area (Å²) >= 11 is 1.45. The molecule has 0 bridgehead atoms. The lowest BCUT2D eigenvalue weighted by molar-refractivity contribution is 0.0342. The maximum atomic E-state index is 11.6. The zero-order valence-electron chi connectivity index (χ0n) is 13.4. The molecular weight excluding hydrogens is 324 g/mol. The quantitative estimate of drug-likeness (QED) is 0.905. The van der Waals surface area contributed by atoms with Crippen molar-refractivity contribution in [1.29, 1.82) is 0 Å². The van der Waals surface area contributed by atoms with Gasteiger partial charge >= 0.3 is 0 Å². The number of rotatable bonds is 5. The van der Waals surface area contributed by atoms with Gasteiger partial charge in [0.25, 0.3) is 5.91 Å². The molecular formula is C18H20N2O3S. The van der Waals surface area contributed by atoms with Crippen LogP contribution in [0.5, 0.6) is 5.75 Å². The van der Waals surface area contributed by atoms with Crippen LogP contribution in [-0.2, 0) is 24.4 Å². The van der Waals surface area contributed by atoms with Gasteiger partial charge in [-0.05, 0) is 11.1 Å². The topological polar surface area (TPSA) is 50.8 Å². The molecule has 1 saturated heterocycles. The van der Waals surface area contributed by atoms with Crippen molar-refractivity contribution in [3.05, 3.63) is 51.2 Å². The second kappa shape index (κ2) is 6.93. The Morgan fingerprint density at radius 3 is 2.71 bits per heavy atom. The number of hydrogen-bond donors (Lipinski definition) is 1. The van der Waals surface area contributed by atoms with Gasteiger partial charge in [0, 0.05) is 37.1 Å². The molecule has 2 aromatic rings. The minimum absolute atomic E-state index is 0.0114. The second-order valence-corrected chi connectivity index (χ2v) is 6.96. The van der Waals surface area contributed by atoms with Crippen LogP contribution >= 0.6 is 11.3 Å². The number of nitrogens with zero attached hydrogens (tertiary/aromatic N) is 1. The van der Waals surface area contributed by atoms with Gasteiger partial charge in [-0.1, -0.05) is 24.3 Å². The van der Waals surface area contributed by atoms with E-state index in [1.54, 1.807) is 0 Å². The molecule has 1 N–H and O–H groups in total. The summed E-state index contributed by atoms with van der Waals surface area (Å²) in [5.74, 6) is 0.836. The lowest BCUT2D eigenvalue weighted by atomic mass is 10.1. The van der Waals surface area contributed by atoms with Gasteiger partial charge in [0.1, 0.15) is 17.2 Å². The third kappa shape index (κ3) is 3.31. The normalized spacial score (nSPS) is 17.6. The summed E-state index contributed by atoms with van der Waals surface area (Å²) in [6.45, 7) is 5.72. The SMILES string of the molecule is O=C1NCc2c(OCc3ccc(CN4CCOCC4)cc3)csc21. The summed E-state index contributed by atoms with van der Waals surface area (Å²) in [4.78, 5) is 14.8. The number of hydrogen-bond acceptors (Lipinski definition) is 5. The Labute approximate surface area is 145 Å². The molecule has 1 amide bonds. The van der Waals surface area contributed by atoms with E-state index in [1.165, 1.54) is 16.9 Å². The van der Waals surface area contributed by atoms with Gasteiger partial charge < -0.3 is 14.8 Å². The molecule has 3 heterocycles. The van der Waals surface area contributed by atoms with Crippen LogP contribution in [0.25, 0.3) is 0 Å². The van der Waals surface area contributed by atoms with E-state index < -0.39 is 0 Å². The van der Waals surface area contributed by atoms with Crippen molar-refractivity contribution in [3.8, 4) is 5.75 Å². The molecule has 1 aromatic carbocycles. The highest BCUT2D eigenvalue weighted by atomic mass is 32.1. The molecule has 2 aliphatic rings. The van der Waals surface area contributed by atoms with Crippen LogP contribution in [0, 0.1) is 0 Å². The molecule has 0 atom stereocenters. The molecule has 1 fully saturated rings. The fraction of sp³-hybridized carbons (Fsp3) is 0.389. The zero-order chi connectivity index (χ0) is 16.4. The van der Waals surface area contributed by atoms with E-state index in [9.17, 15) is 4.79 Å². The number of carbonyl (C=O) groups is 1. The standard InChI is InChI=1S/C18H20N2O3S/c21-18-17-15(9-19-18)16(12-24-17)23-11-14-3-1-13(2-4-14)10-20-5-7-22-8-6-20/h1-4,12H,5-11H2,(H,19,21). The highest BCUT2D eigenvalue weighted by Crippen LogP contribution is 2.33. The number of ether oxygens (including phenoxy) is 2. The summed E-state index contributed by atoms with van der Waals surface area (Å²) in [5.41, 5.74) is 3.44. The molecule has 2 aliphatic heterocycles. The van der Waals surface area contributed by atoms with Crippen molar-refractivity contribution in [2.75, 3.05) is 26.3 Å². The third-order valence-electron chi connectivity index (χ3n) is 4.41. The van der Waals surface area contributed by atoms with Crippen molar-refractivity contribution in [1.82, 2.24) is 10.2 Å². The molecule has 0 spiro atoms. The first-order valence-corrected chi connectivity index (χ1v) is 9.07. The molecule has 1 aromatic heterocycles. The summed E-state index contributed by atoms with van der Waals surface area (Å²) in [5, 5.41) is 4.75. The van der Waals surface area contributed by atoms with Gasteiger partial charge in [0.05, 0.1) is 13.2 Å². The molecule has 24 heavy (non-hydrogen) atoms. The van der Waals surface area contributed by atoms with E-state index in [-0.39, 0.29) is 5.91 Å². The molecule has 0 unspecified atom stereocenters. The Kier molecular flexibility index (Phi) is 4.51. The van der Waals surface area contributed by atoms with Crippen LogP contribution in [0.3, 0.4) is 0 Å². The highest BCUT2D eigenvalue weighted by molar-refractivity contribution is 7.12. The number of fused-ring (bicyclic) bond motifs is 1. The van der Waals surface area contributed by atoms with Crippen LogP contribution in [0.1, 0.15) is 26.4 Å². The molecule has 6 heteroatoms. The van der Waals surface area contributed by atoms with E-state index in [0.29, 0.717) is 13.2 Å². The van der Waals surface area contributed by atoms with Gasteiger partial charge in [-0.25, -0.2) is 0 Å². The minimum atomic E-state index is 0.0114. The van der Waals surface area contributed by atoms with E-state index in [1.807, 2.05) is 5.38 Å². The largest absolute Gasteiger partial charge is 0.488 e. The fourth-order valence-corrected chi connectivity index (χ4v) is 3.94. The number of nitrogens with one attached hydrogen (secondary N) is 1. The number of carbonyl (C=O) groups excluding carboxylic acids is 1.